The van der Waals surface area contributed by atoms with Gasteiger partial charge in [-0.1, -0.05) is 6.07 Å². The number of nitrogens with one attached hydrogen (secondary N) is 2. The molecular weight excluding hydrogens is 383 g/mol. The van der Waals surface area contributed by atoms with Crippen molar-refractivity contribution in [3.05, 3.63) is 23.9 Å². The van der Waals surface area contributed by atoms with Crippen LogP contribution in [-0.4, -0.2) is 31.0 Å². The number of aromatic nitrogens is 4. The van der Waals surface area contributed by atoms with E-state index in [2.05, 4.69) is 36.6 Å². The molecule has 2 aliphatic carbocycles. The van der Waals surface area contributed by atoms with Crippen molar-refractivity contribution < 1.29 is 13.2 Å². The van der Waals surface area contributed by atoms with Gasteiger partial charge in [0.1, 0.15) is 16.9 Å². The van der Waals surface area contributed by atoms with Crippen molar-refractivity contribution >= 4 is 11.9 Å². The summed E-state index contributed by atoms with van der Waals surface area (Å²) in [5.41, 5.74) is -2.04. The van der Waals surface area contributed by atoms with Crippen molar-refractivity contribution in [2.75, 3.05) is 10.6 Å². The van der Waals surface area contributed by atoms with Crippen LogP contribution in [0.2, 0.25) is 0 Å². The molecule has 0 unspecified atom stereocenters. The van der Waals surface area contributed by atoms with Crippen molar-refractivity contribution in [3.63, 3.8) is 0 Å². The van der Waals surface area contributed by atoms with E-state index in [0.29, 0.717) is 5.92 Å². The van der Waals surface area contributed by atoms with E-state index >= 15 is 0 Å². The van der Waals surface area contributed by atoms with Gasteiger partial charge in [-0.25, -0.2) is 4.98 Å². The molecule has 2 aromatic rings. The number of nitrogens with zero attached hydrogens (tertiary/aromatic N) is 5. The molecule has 2 aliphatic rings. The largest absolute Gasteiger partial charge is 0.433 e. The van der Waals surface area contributed by atoms with Crippen molar-refractivity contribution in [2.45, 2.75) is 56.8 Å². The molecule has 2 heterocycles. The standard InChI is InChI=1S/C19H20F3N7/c1-17(2,10-23)28-15-25-14(12-4-3-5-13(24-12)19(20,21)22)26-16(27-15)29-18(8-9-18)11-6-7-11/h3-5,11H,6-9H2,1-2H3,(H2,25,26,27,28,29). The predicted octanol–water partition coefficient (Wildman–Crippen LogP) is 4.02. The number of nitriles is 1. The highest BCUT2D eigenvalue weighted by molar-refractivity contribution is 5.55. The Kier molecular flexibility index (Phi) is 4.37. The molecule has 152 valence electrons. The average molecular weight is 403 g/mol. The minimum Gasteiger partial charge on any atom is -0.348 e. The number of alkyl halides is 3. The lowest BCUT2D eigenvalue weighted by atomic mass is 10.1. The lowest BCUT2D eigenvalue weighted by molar-refractivity contribution is -0.141. The summed E-state index contributed by atoms with van der Waals surface area (Å²) < 4.78 is 39.2. The second-order valence-electron chi connectivity index (χ2n) is 8.13. The van der Waals surface area contributed by atoms with Gasteiger partial charge in [-0.2, -0.15) is 33.4 Å². The fraction of sp³-hybridized carbons (Fsp3) is 0.526. The molecule has 0 atom stereocenters. The zero-order valence-corrected chi connectivity index (χ0v) is 16.0. The van der Waals surface area contributed by atoms with Crippen LogP contribution in [0.3, 0.4) is 0 Å². The molecule has 4 rings (SSSR count). The highest BCUT2D eigenvalue weighted by Gasteiger charge is 2.54. The SMILES string of the molecule is CC(C)(C#N)Nc1nc(NC2(C3CC3)CC2)nc(-c2cccc(C(F)(F)F)n2)n1. The molecule has 0 bridgehead atoms. The third-order valence-electron chi connectivity index (χ3n) is 5.12. The van der Waals surface area contributed by atoms with Crippen LogP contribution in [0.25, 0.3) is 11.5 Å². The summed E-state index contributed by atoms with van der Waals surface area (Å²) in [6.07, 6.45) is -0.267. The van der Waals surface area contributed by atoms with Crippen LogP contribution < -0.4 is 10.6 Å². The Balaban J connectivity index is 1.72. The third kappa shape index (κ3) is 4.23. The summed E-state index contributed by atoms with van der Waals surface area (Å²) >= 11 is 0. The fourth-order valence-corrected chi connectivity index (χ4v) is 3.26. The Hall–Kier alpha value is -2.96. The molecule has 29 heavy (non-hydrogen) atoms. The van der Waals surface area contributed by atoms with Crippen LogP contribution in [0.5, 0.6) is 0 Å². The molecule has 0 radical (unpaired) electrons. The van der Waals surface area contributed by atoms with Crippen LogP contribution in [0.4, 0.5) is 25.1 Å². The van der Waals surface area contributed by atoms with E-state index in [9.17, 15) is 18.4 Å². The molecule has 2 aromatic heterocycles. The van der Waals surface area contributed by atoms with Gasteiger partial charge < -0.3 is 10.6 Å². The van der Waals surface area contributed by atoms with Crippen molar-refractivity contribution in [2.24, 2.45) is 5.92 Å². The van der Waals surface area contributed by atoms with Gasteiger partial charge in [0.15, 0.2) is 5.82 Å². The summed E-state index contributed by atoms with van der Waals surface area (Å²) in [4.78, 5) is 16.6. The van der Waals surface area contributed by atoms with E-state index in [0.717, 1.165) is 31.7 Å². The molecule has 10 heteroatoms. The Morgan fingerprint density at radius 1 is 1.07 bits per heavy atom. The van der Waals surface area contributed by atoms with Gasteiger partial charge >= 0.3 is 6.18 Å². The van der Waals surface area contributed by atoms with E-state index in [1.165, 1.54) is 12.1 Å². The molecule has 0 saturated heterocycles. The maximum atomic E-state index is 13.1. The maximum absolute atomic E-state index is 13.1. The first-order valence-electron chi connectivity index (χ1n) is 9.39. The van der Waals surface area contributed by atoms with Gasteiger partial charge in [-0.15, -0.1) is 0 Å². The normalized spacial score (nSPS) is 18.1. The van der Waals surface area contributed by atoms with Crippen LogP contribution >= 0.6 is 0 Å². The fourth-order valence-electron chi connectivity index (χ4n) is 3.26. The summed E-state index contributed by atoms with van der Waals surface area (Å²) in [5.74, 6) is 0.961. The zero-order valence-electron chi connectivity index (χ0n) is 16.0. The van der Waals surface area contributed by atoms with Gasteiger partial charge in [0.25, 0.3) is 0 Å². The Morgan fingerprint density at radius 2 is 1.76 bits per heavy atom. The van der Waals surface area contributed by atoms with Crippen LogP contribution in [-0.2, 0) is 6.18 Å². The Labute approximate surface area is 165 Å². The van der Waals surface area contributed by atoms with E-state index in [4.69, 9.17) is 0 Å². The summed E-state index contributed by atoms with van der Waals surface area (Å²) in [6.45, 7) is 3.30. The molecule has 0 aliphatic heterocycles. The first-order valence-corrected chi connectivity index (χ1v) is 9.39. The first kappa shape index (κ1) is 19.4. The molecule has 7 nitrogen and oxygen atoms in total. The Morgan fingerprint density at radius 3 is 2.34 bits per heavy atom. The minimum atomic E-state index is -4.57. The second-order valence-corrected chi connectivity index (χ2v) is 8.13. The van der Waals surface area contributed by atoms with Crippen LogP contribution in [0.1, 0.15) is 45.2 Å². The monoisotopic (exact) mass is 403 g/mol. The number of hydrogen-bond acceptors (Lipinski definition) is 7. The highest BCUT2D eigenvalue weighted by Crippen LogP contribution is 2.55. The summed E-state index contributed by atoms with van der Waals surface area (Å²) in [6, 6.07) is 5.67. The number of anilines is 2. The summed E-state index contributed by atoms with van der Waals surface area (Å²) in [7, 11) is 0. The molecule has 2 N–H and O–H groups in total. The number of pyridine rings is 1. The van der Waals surface area contributed by atoms with E-state index in [1.807, 2.05) is 0 Å². The summed E-state index contributed by atoms with van der Waals surface area (Å²) in [5, 5.41) is 15.5. The van der Waals surface area contributed by atoms with Crippen LogP contribution in [0, 0.1) is 17.2 Å². The predicted molar refractivity (Wildman–Crippen MR) is 99.7 cm³/mol. The maximum Gasteiger partial charge on any atom is 0.433 e. The van der Waals surface area contributed by atoms with Crippen molar-refractivity contribution in [1.29, 1.82) is 5.26 Å². The second kappa shape index (κ2) is 6.54. The third-order valence-corrected chi connectivity index (χ3v) is 5.12. The lowest BCUT2D eigenvalue weighted by Gasteiger charge is -2.20. The van der Waals surface area contributed by atoms with Gasteiger partial charge in [0, 0.05) is 5.54 Å². The number of halogens is 3. The smallest absolute Gasteiger partial charge is 0.348 e. The van der Waals surface area contributed by atoms with Gasteiger partial charge in [-0.05, 0) is 57.6 Å². The minimum absolute atomic E-state index is 0.0106. The van der Waals surface area contributed by atoms with E-state index in [-0.39, 0.29) is 29.0 Å². The Bertz CT molecular complexity index is 972. The zero-order chi connectivity index (χ0) is 20.9. The number of rotatable bonds is 6. The molecule has 2 saturated carbocycles. The van der Waals surface area contributed by atoms with Crippen LogP contribution in [0.15, 0.2) is 18.2 Å². The molecule has 2 fully saturated rings. The average Bonchev–Trinajstić information content (AvgIpc) is 3.55. The van der Waals surface area contributed by atoms with Crippen molar-refractivity contribution in [3.8, 4) is 17.6 Å². The van der Waals surface area contributed by atoms with E-state index < -0.39 is 17.4 Å². The van der Waals surface area contributed by atoms with Crippen molar-refractivity contribution in [1.82, 2.24) is 19.9 Å². The van der Waals surface area contributed by atoms with Gasteiger partial charge in [0.05, 0.1) is 6.07 Å². The van der Waals surface area contributed by atoms with Gasteiger partial charge in [-0.3, -0.25) is 0 Å². The molecular formula is C19H20F3N7. The van der Waals surface area contributed by atoms with Gasteiger partial charge in [0.2, 0.25) is 11.9 Å². The molecule has 0 spiro atoms. The first-order chi connectivity index (χ1) is 13.6. The lowest BCUT2D eigenvalue weighted by Crippen LogP contribution is -2.31. The molecule has 0 amide bonds. The molecule has 0 aromatic carbocycles. The highest BCUT2D eigenvalue weighted by atomic mass is 19.4. The number of hydrogen-bond donors (Lipinski definition) is 2. The van der Waals surface area contributed by atoms with E-state index in [1.54, 1.807) is 13.8 Å². The topological polar surface area (TPSA) is 99.4 Å². The quantitative estimate of drug-likeness (QED) is 0.751.